The maximum Gasteiger partial charge on any atom is 0.328 e. The van der Waals surface area contributed by atoms with Crippen LogP contribution in [-0.4, -0.2) is 11.1 Å². The van der Waals surface area contributed by atoms with Crippen LogP contribution in [0, 0.1) is 0 Å². The van der Waals surface area contributed by atoms with Crippen LogP contribution in [0.3, 0.4) is 0 Å². The van der Waals surface area contributed by atoms with Crippen molar-refractivity contribution < 1.29 is 9.90 Å². The van der Waals surface area contributed by atoms with Crippen LogP contribution in [0.4, 0.5) is 0 Å². The summed E-state index contributed by atoms with van der Waals surface area (Å²) in [6.07, 6.45) is 19.8. The molecule has 1 N–H and O–H groups in total. The quantitative estimate of drug-likeness (QED) is 0.298. The minimum Gasteiger partial charge on any atom is -0.478 e. The van der Waals surface area contributed by atoms with Gasteiger partial charge in [-0.3, -0.25) is 0 Å². The molecular formula is C16H28O2. The topological polar surface area (TPSA) is 37.3 Å². The molecule has 18 heavy (non-hydrogen) atoms. The van der Waals surface area contributed by atoms with Crippen molar-refractivity contribution in [2.45, 2.75) is 71.1 Å². The molecule has 104 valence electrons. The Balaban J connectivity index is 3.14. The molecule has 0 unspecified atom stereocenters. The van der Waals surface area contributed by atoms with Crippen LogP contribution in [0.15, 0.2) is 24.3 Å². The van der Waals surface area contributed by atoms with E-state index >= 15 is 0 Å². The molecule has 0 spiro atoms. The van der Waals surface area contributed by atoms with Gasteiger partial charge in [0.05, 0.1) is 0 Å². The Morgan fingerprint density at radius 1 is 0.889 bits per heavy atom. The Kier molecular flexibility index (Phi) is 13.2. The highest BCUT2D eigenvalue weighted by atomic mass is 16.4. The molecule has 0 rings (SSSR count). The number of unbranched alkanes of at least 4 members (excludes halogenated alkanes) is 9. The van der Waals surface area contributed by atoms with E-state index < -0.39 is 5.97 Å². The summed E-state index contributed by atoms with van der Waals surface area (Å²) in [5, 5.41) is 8.37. The van der Waals surface area contributed by atoms with Gasteiger partial charge in [-0.1, -0.05) is 76.5 Å². The molecule has 2 heteroatoms. The third kappa shape index (κ3) is 14.9. The fraction of sp³-hybridized carbons (Fsp3) is 0.688. The number of hydrogen-bond donors (Lipinski definition) is 1. The van der Waals surface area contributed by atoms with E-state index in [1.807, 2.05) is 12.2 Å². The average Bonchev–Trinajstić information content (AvgIpc) is 2.34. The molecule has 0 saturated heterocycles. The number of carboxylic acid groups (broad SMARTS) is 1. The standard InChI is InChI=1S/C16H28O2/c1-2-3-4-5-6-7-8-9-10-11-12-13-14-15-16(17)18/h12-15H,2-11H2,1H3,(H,17,18)/b13-12+,15-14+. The summed E-state index contributed by atoms with van der Waals surface area (Å²) in [6, 6.07) is 0. The van der Waals surface area contributed by atoms with Crippen molar-refractivity contribution in [3.63, 3.8) is 0 Å². The molecule has 0 aliphatic heterocycles. The fourth-order valence-corrected chi connectivity index (χ4v) is 1.89. The van der Waals surface area contributed by atoms with E-state index in [0.29, 0.717) is 0 Å². The predicted molar refractivity (Wildman–Crippen MR) is 77.8 cm³/mol. The number of carboxylic acids is 1. The van der Waals surface area contributed by atoms with Crippen LogP contribution >= 0.6 is 0 Å². The van der Waals surface area contributed by atoms with E-state index in [9.17, 15) is 4.79 Å². The zero-order valence-electron chi connectivity index (χ0n) is 11.7. The van der Waals surface area contributed by atoms with Crippen LogP contribution in [0.1, 0.15) is 71.1 Å². The first kappa shape index (κ1) is 16.9. The van der Waals surface area contributed by atoms with E-state index in [0.717, 1.165) is 12.5 Å². The minimum absolute atomic E-state index is 0.886. The van der Waals surface area contributed by atoms with E-state index in [2.05, 4.69) is 6.92 Å². The van der Waals surface area contributed by atoms with E-state index in [4.69, 9.17) is 5.11 Å². The molecule has 0 radical (unpaired) electrons. The molecule has 2 nitrogen and oxygen atoms in total. The van der Waals surface area contributed by atoms with Gasteiger partial charge in [0.1, 0.15) is 0 Å². The van der Waals surface area contributed by atoms with Gasteiger partial charge in [0.15, 0.2) is 0 Å². The number of hydrogen-bond acceptors (Lipinski definition) is 1. The van der Waals surface area contributed by atoms with Crippen LogP contribution < -0.4 is 0 Å². The third-order valence-corrected chi connectivity index (χ3v) is 2.96. The second-order valence-electron chi connectivity index (χ2n) is 4.74. The molecule has 0 heterocycles. The Labute approximate surface area is 112 Å². The number of carbonyl (C=O) groups is 1. The van der Waals surface area contributed by atoms with Gasteiger partial charge < -0.3 is 5.11 Å². The first-order chi connectivity index (χ1) is 8.77. The highest BCUT2D eigenvalue weighted by Gasteiger charge is 1.90. The van der Waals surface area contributed by atoms with Crippen LogP contribution in [-0.2, 0) is 4.79 Å². The molecule has 0 aromatic heterocycles. The molecular weight excluding hydrogens is 224 g/mol. The Bertz CT molecular complexity index is 241. The summed E-state index contributed by atoms with van der Waals surface area (Å²) in [4.78, 5) is 10.2. The van der Waals surface area contributed by atoms with Gasteiger partial charge in [0.2, 0.25) is 0 Å². The summed E-state index contributed by atoms with van der Waals surface area (Å²) < 4.78 is 0. The van der Waals surface area contributed by atoms with Gasteiger partial charge >= 0.3 is 5.97 Å². The summed E-state index contributed by atoms with van der Waals surface area (Å²) in [5.74, 6) is -0.886. The van der Waals surface area contributed by atoms with Crippen LogP contribution in [0.25, 0.3) is 0 Å². The van der Waals surface area contributed by atoms with Crippen LogP contribution in [0.2, 0.25) is 0 Å². The summed E-state index contributed by atoms with van der Waals surface area (Å²) in [6.45, 7) is 2.25. The zero-order valence-corrected chi connectivity index (χ0v) is 11.7. The second kappa shape index (κ2) is 14.0. The lowest BCUT2D eigenvalue weighted by molar-refractivity contribution is -0.131. The number of allylic oxidation sites excluding steroid dienone is 3. The van der Waals surface area contributed by atoms with Crippen molar-refractivity contribution in [3.8, 4) is 0 Å². The van der Waals surface area contributed by atoms with Gasteiger partial charge in [0, 0.05) is 6.08 Å². The van der Waals surface area contributed by atoms with Crippen molar-refractivity contribution in [2.24, 2.45) is 0 Å². The summed E-state index contributed by atoms with van der Waals surface area (Å²) in [7, 11) is 0. The molecule has 0 aromatic carbocycles. The number of rotatable bonds is 12. The maximum absolute atomic E-state index is 10.2. The average molecular weight is 252 g/mol. The summed E-state index contributed by atoms with van der Waals surface area (Å²) >= 11 is 0. The van der Waals surface area contributed by atoms with Gasteiger partial charge in [-0.2, -0.15) is 0 Å². The van der Waals surface area contributed by atoms with Crippen LogP contribution in [0.5, 0.6) is 0 Å². The molecule has 0 aliphatic rings. The molecule has 0 atom stereocenters. The van der Waals surface area contributed by atoms with Gasteiger partial charge in [-0.05, 0) is 12.8 Å². The second-order valence-corrected chi connectivity index (χ2v) is 4.74. The minimum atomic E-state index is -0.886. The monoisotopic (exact) mass is 252 g/mol. The van der Waals surface area contributed by atoms with Crippen molar-refractivity contribution in [3.05, 3.63) is 24.3 Å². The number of aliphatic carboxylic acids is 1. The first-order valence-electron chi connectivity index (χ1n) is 7.33. The molecule has 0 aliphatic carbocycles. The molecule has 0 amide bonds. The first-order valence-corrected chi connectivity index (χ1v) is 7.33. The van der Waals surface area contributed by atoms with Gasteiger partial charge in [-0.25, -0.2) is 4.79 Å². The lowest BCUT2D eigenvalue weighted by atomic mass is 10.1. The normalized spacial score (nSPS) is 11.6. The van der Waals surface area contributed by atoms with E-state index in [1.54, 1.807) is 6.08 Å². The Morgan fingerprint density at radius 3 is 2.00 bits per heavy atom. The molecule has 0 aromatic rings. The Morgan fingerprint density at radius 2 is 1.44 bits per heavy atom. The van der Waals surface area contributed by atoms with E-state index in [1.165, 1.54) is 57.8 Å². The molecule has 0 saturated carbocycles. The SMILES string of the molecule is CCCCCCCCCCC/C=C/C=C/C(=O)O. The van der Waals surface area contributed by atoms with Crippen molar-refractivity contribution >= 4 is 5.97 Å². The van der Waals surface area contributed by atoms with Crippen molar-refractivity contribution in [1.82, 2.24) is 0 Å². The lowest BCUT2D eigenvalue weighted by Gasteiger charge is -2.00. The van der Waals surface area contributed by atoms with Crippen molar-refractivity contribution in [2.75, 3.05) is 0 Å². The Hall–Kier alpha value is -1.05. The van der Waals surface area contributed by atoms with Gasteiger partial charge in [-0.15, -0.1) is 0 Å². The van der Waals surface area contributed by atoms with Crippen molar-refractivity contribution in [1.29, 1.82) is 0 Å². The molecule has 0 fully saturated rings. The fourth-order valence-electron chi connectivity index (χ4n) is 1.89. The summed E-state index contributed by atoms with van der Waals surface area (Å²) in [5.41, 5.74) is 0. The molecule has 0 bridgehead atoms. The maximum atomic E-state index is 10.2. The largest absolute Gasteiger partial charge is 0.478 e. The third-order valence-electron chi connectivity index (χ3n) is 2.96. The van der Waals surface area contributed by atoms with E-state index in [-0.39, 0.29) is 0 Å². The predicted octanol–water partition coefficient (Wildman–Crippen LogP) is 5.10. The lowest BCUT2D eigenvalue weighted by Crippen LogP contribution is -1.84. The van der Waals surface area contributed by atoms with Gasteiger partial charge in [0.25, 0.3) is 0 Å². The zero-order chi connectivity index (χ0) is 13.5. The highest BCUT2D eigenvalue weighted by molar-refractivity contribution is 5.80. The highest BCUT2D eigenvalue weighted by Crippen LogP contribution is 2.10. The smallest absolute Gasteiger partial charge is 0.328 e.